The van der Waals surface area contributed by atoms with Gasteiger partial charge in [0.25, 0.3) is 0 Å². The molecule has 0 radical (unpaired) electrons. The maximum atomic E-state index is 13.5. The molecule has 1 fully saturated rings. The summed E-state index contributed by atoms with van der Waals surface area (Å²) in [6, 6.07) is -0.639. The number of piperidine rings is 1. The maximum Gasteiger partial charge on any atom is 0.431 e. The lowest BCUT2D eigenvalue weighted by atomic mass is 9.78. The third-order valence-corrected chi connectivity index (χ3v) is 4.42. The first kappa shape index (κ1) is 20.1. The van der Waals surface area contributed by atoms with E-state index in [2.05, 4.69) is 5.32 Å². The van der Waals surface area contributed by atoms with Crippen LogP contribution in [0.15, 0.2) is 23.4 Å². The Morgan fingerprint density at radius 3 is 1.88 bits per heavy atom. The first-order chi connectivity index (χ1) is 11.0. The number of halogens is 6. The van der Waals surface area contributed by atoms with Gasteiger partial charge in [0.05, 0.1) is 11.7 Å². The van der Waals surface area contributed by atoms with Crippen molar-refractivity contribution in [2.24, 2.45) is 5.73 Å². The van der Waals surface area contributed by atoms with Crippen molar-refractivity contribution >= 4 is 0 Å². The van der Waals surface area contributed by atoms with E-state index < -0.39 is 46.9 Å². The molecule has 0 amide bonds. The van der Waals surface area contributed by atoms with E-state index >= 15 is 0 Å². The number of rotatable bonds is 1. The SMILES string of the molecule is CC1(C)CC(N2C(C(F)(F)F)=CC(C(F)(F)F)=CC2N)CC(C)(C)N1. The van der Waals surface area contributed by atoms with Crippen LogP contribution in [0.4, 0.5) is 26.3 Å². The Morgan fingerprint density at radius 2 is 1.48 bits per heavy atom. The zero-order valence-corrected chi connectivity index (χ0v) is 14.5. The van der Waals surface area contributed by atoms with E-state index in [1.165, 1.54) is 0 Å². The third-order valence-electron chi connectivity index (χ3n) is 4.42. The van der Waals surface area contributed by atoms with Gasteiger partial charge in [0, 0.05) is 17.1 Å². The van der Waals surface area contributed by atoms with Crippen molar-refractivity contribution < 1.29 is 26.3 Å². The molecule has 2 aliphatic heterocycles. The molecule has 3 nitrogen and oxygen atoms in total. The first-order valence-corrected chi connectivity index (χ1v) is 7.93. The fourth-order valence-electron chi connectivity index (χ4n) is 4.00. The number of alkyl halides is 6. The summed E-state index contributed by atoms with van der Waals surface area (Å²) in [5, 5.41) is 3.34. The average Bonchev–Trinajstić information content (AvgIpc) is 2.31. The number of nitrogens with zero attached hydrogens (tertiary/aromatic N) is 1. The molecule has 9 heteroatoms. The number of hydrogen-bond donors (Lipinski definition) is 2. The van der Waals surface area contributed by atoms with Crippen molar-refractivity contribution in [3.05, 3.63) is 23.4 Å². The second-order valence-corrected chi connectivity index (χ2v) is 8.00. The Balaban J connectivity index is 2.46. The molecule has 0 bridgehead atoms. The molecular formula is C16H23F6N3. The van der Waals surface area contributed by atoms with Gasteiger partial charge in [-0.1, -0.05) is 0 Å². The van der Waals surface area contributed by atoms with Gasteiger partial charge in [-0.15, -0.1) is 0 Å². The largest absolute Gasteiger partial charge is 0.431 e. The monoisotopic (exact) mass is 371 g/mol. The van der Waals surface area contributed by atoms with E-state index in [-0.39, 0.29) is 6.08 Å². The molecule has 3 N–H and O–H groups in total. The highest BCUT2D eigenvalue weighted by molar-refractivity contribution is 5.35. The van der Waals surface area contributed by atoms with Crippen molar-refractivity contribution in [3.63, 3.8) is 0 Å². The van der Waals surface area contributed by atoms with Gasteiger partial charge < -0.3 is 16.0 Å². The molecule has 0 aliphatic carbocycles. The van der Waals surface area contributed by atoms with Crippen LogP contribution in [0.1, 0.15) is 40.5 Å². The molecule has 1 saturated heterocycles. The Bertz CT molecular complexity index is 570. The Hall–Kier alpha value is -1.22. The highest BCUT2D eigenvalue weighted by atomic mass is 19.4. The number of nitrogens with one attached hydrogen (secondary N) is 1. The highest BCUT2D eigenvalue weighted by Gasteiger charge is 2.49. The molecule has 1 unspecified atom stereocenters. The third kappa shape index (κ3) is 4.49. The predicted molar refractivity (Wildman–Crippen MR) is 82.4 cm³/mol. The van der Waals surface area contributed by atoms with Crippen LogP contribution in [0.25, 0.3) is 0 Å². The summed E-state index contributed by atoms with van der Waals surface area (Å²) in [4.78, 5) is 0.888. The van der Waals surface area contributed by atoms with E-state index in [9.17, 15) is 26.3 Å². The van der Waals surface area contributed by atoms with Crippen LogP contribution < -0.4 is 11.1 Å². The lowest BCUT2D eigenvalue weighted by Crippen LogP contribution is -2.64. The summed E-state index contributed by atoms with van der Waals surface area (Å²) in [6.45, 7) is 7.41. The fraction of sp³-hybridized carbons (Fsp3) is 0.750. The zero-order chi connectivity index (χ0) is 19.4. The molecule has 0 spiro atoms. The molecule has 0 aromatic heterocycles. The normalized spacial score (nSPS) is 27.8. The van der Waals surface area contributed by atoms with Gasteiger partial charge in [-0.2, -0.15) is 26.3 Å². The molecule has 1 atom stereocenters. The summed E-state index contributed by atoms with van der Waals surface area (Å²) >= 11 is 0. The lowest BCUT2D eigenvalue weighted by molar-refractivity contribution is -0.125. The number of nitrogens with two attached hydrogens (primary N) is 1. The Labute approximate surface area is 142 Å². The van der Waals surface area contributed by atoms with Crippen LogP contribution in [0.3, 0.4) is 0 Å². The van der Waals surface area contributed by atoms with Crippen molar-refractivity contribution in [1.82, 2.24) is 10.2 Å². The topological polar surface area (TPSA) is 41.3 Å². The minimum absolute atomic E-state index is 0.158. The van der Waals surface area contributed by atoms with E-state index in [4.69, 9.17) is 5.73 Å². The van der Waals surface area contributed by atoms with Gasteiger partial charge in [0.15, 0.2) is 0 Å². The summed E-state index contributed by atoms with van der Waals surface area (Å²) < 4.78 is 79.3. The van der Waals surface area contributed by atoms with Crippen molar-refractivity contribution in [3.8, 4) is 0 Å². The van der Waals surface area contributed by atoms with Crippen molar-refractivity contribution in [1.29, 1.82) is 0 Å². The van der Waals surface area contributed by atoms with Crippen LogP contribution in [0.5, 0.6) is 0 Å². The molecule has 0 aromatic carbocycles. The lowest BCUT2D eigenvalue weighted by Gasteiger charge is -2.52. The Morgan fingerprint density at radius 1 is 1.00 bits per heavy atom. The second kappa shape index (κ2) is 5.90. The minimum Gasteiger partial charge on any atom is -0.346 e. The minimum atomic E-state index is -4.93. The Kier molecular flexibility index (Phi) is 4.75. The smallest absolute Gasteiger partial charge is 0.346 e. The van der Waals surface area contributed by atoms with Gasteiger partial charge >= 0.3 is 12.4 Å². The van der Waals surface area contributed by atoms with E-state index in [1.54, 1.807) is 0 Å². The summed E-state index contributed by atoms with van der Waals surface area (Å²) in [5.74, 6) is 0. The van der Waals surface area contributed by atoms with Gasteiger partial charge in [-0.3, -0.25) is 0 Å². The zero-order valence-electron chi connectivity index (χ0n) is 14.5. The number of hydrogen-bond acceptors (Lipinski definition) is 3. The van der Waals surface area contributed by atoms with E-state index in [0.29, 0.717) is 18.9 Å². The molecule has 0 saturated carbocycles. The van der Waals surface area contributed by atoms with Gasteiger partial charge in [0.1, 0.15) is 5.70 Å². The van der Waals surface area contributed by atoms with E-state index in [1.807, 2.05) is 27.7 Å². The van der Waals surface area contributed by atoms with Crippen molar-refractivity contribution in [2.75, 3.05) is 0 Å². The van der Waals surface area contributed by atoms with Gasteiger partial charge in [-0.05, 0) is 52.7 Å². The number of allylic oxidation sites excluding steroid dienone is 3. The predicted octanol–water partition coefficient (Wildman–Crippen LogP) is 3.83. The van der Waals surface area contributed by atoms with Crippen LogP contribution in [0, 0.1) is 0 Å². The molecule has 0 aromatic rings. The summed E-state index contributed by atoms with van der Waals surface area (Å²) in [5.41, 5.74) is 2.09. The molecule has 2 aliphatic rings. The van der Waals surface area contributed by atoms with Gasteiger partial charge in [-0.25, -0.2) is 0 Å². The quantitative estimate of drug-likeness (QED) is 0.689. The average molecular weight is 371 g/mol. The van der Waals surface area contributed by atoms with E-state index in [0.717, 1.165) is 4.90 Å². The maximum absolute atomic E-state index is 13.5. The fourth-order valence-corrected chi connectivity index (χ4v) is 4.00. The molecule has 25 heavy (non-hydrogen) atoms. The molecule has 2 rings (SSSR count). The molecule has 144 valence electrons. The summed E-state index contributed by atoms with van der Waals surface area (Å²) in [6.07, 6.45) is -9.84. The highest BCUT2D eigenvalue weighted by Crippen LogP contribution is 2.42. The van der Waals surface area contributed by atoms with Gasteiger partial charge in [0.2, 0.25) is 0 Å². The van der Waals surface area contributed by atoms with Crippen LogP contribution in [0.2, 0.25) is 0 Å². The van der Waals surface area contributed by atoms with Crippen LogP contribution in [-0.2, 0) is 0 Å². The van der Waals surface area contributed by atoms with Crippen LogP contribution in [-0.4, -0.2) is 40.5 Å². The molecule has 2 heterocycles. The van der Waals surface area contributed by atoms with Crippen LogP contribution >= 0.6 is 0 Å². The summed E-state index contributed by atoms with van der Waals surface area (Å²) in [7, 11) is 0. The first-order valence-electron chi connectivity index (χ1n) is 7.93. The van der Waals surface area contributed by atoms with Crippen molar-refractivity contribution in [2.45, 2.75) is 76.2 Å². The molecular weight excluding hydrogens is 348 g/mol. The standard InChI is InChI=1S/C16H23F6N3/c1-13(2)7-10(8-14(3,4)24-13)25-11(16(20,21)22)5-9(6-12(25)23)15(17,18)19/h5-6,10,12,24H,7-8,23H2,1-4H3. The second-order valence-electron chi connectivity index (χ2n) is 8.00.